The second-order valence-corrected chi connectivity index (χ2v) is 8.06. The SMILES string of the molecule is COc1ccc2c(c1)ncc1[nH]c(=O)n(C(C)c3ccc(S(N)(=O)=O)cc3)c12. The third-order valence-electron chi connectivity index (χ3n) is 4.83. The smallest absolute Gasteiger partial charge is 0.327 e. The van der Waals surface area contributed by atoms with E-state index in [4.69, 9.17) is 9.88 Å². The van der Waals surface area contributed by atoms with Gasteiger partial charge in [-0.05, 0) is 36.8 Å². The first-order valence-corrected chi connectivity index (χ1v) is 10.0. The molecule has 2 heterocycles. The Labute approximate surface area is 160 Å². The van der Waals surface area contributed by atoms with E-state index in [1.165, 1.54) is 12.1 Å². The van der Waals surface area contributed by atoms with E-state index < -0.39 is 10.0 Å². The van der Waals surface area contributed by atoms with E-state index in [9.17, 15) is 13.2 Å². The third-order valence-corrected chi connectivity index (χ3v) is 5.76. The number of benzene rings is 2. The molecule has 0 amide bonds. The summed E-state index contributed by atoms with van der Waals surface area (Å²) >= 11 is 0. The molecular weight excluding hydrogens is 380 g/mol. The van der Waals surface area contributed by atoms with E-state index in [0.29, 0.717) is 16.8 Å². The predicted molar refractivity (Wildman–Crippen MR) is 106 cm³/mol. The van der Waals surface area contributed by atoms with Crippen LogP contribution in [0.5, 0.6) is 5.75 Å². The number of methoxy groups -OCH3 is 1. The van der Waals surface area contributed by atoms with Gasteiger partial charge in [0.15, 0.2) is 0 Å². The van der Waals surface area contributed by atoms with Gasteiger partial charge in [-0.3, -0.25) is 9.55 Å². The maximum Gasteiger partial charge on any atom is 0.327 e. The number of aromatic amines is 1. The van der Waals surface area contributed by atoms with Crippen molar-refractivity contribution >= 4 is 32.0 Å². The molecule has 1 atom stereocenters. The highest BCUT2D eigenvalue weighted by molar-refractivity contribution is 7.89. The number of hydrogen-bond donors (Lipinski definition) is 2. The molecule has 3 N–H and O–H groups in total. The van der Waals surface area contributed by atoms with E-state index in [1.807, 2.05) is 25.1 Å². The lowest BCUT2D eigenvalue weighted by atomic mass is 10.1. The van der Waals surface area contributed by atoms with Gasteiger partial charge in [0.2, 0.25) is 10.0 Å². The van der Waals surface area contributed by atoms with Gasteiger partial charge in [-0.25, -0.2) is 18.4 Å². The summed E-state index contributed by atoms with van der Waals surface area (Å²) in [5, 5.41) is 5.97. The Morgan fingerprint density at radius 2 is 1.89 bits per heavy atom. The highest BCUT2D eigenvalue weighted by Gasteiger charge is 2.18. The second kappa shape index (κ2) is 6.47. The molecule has 0 saturated heterocycles. The molecule has 0 spiro atoms. The van der Waals surface area contributed by atoms with Gasteiger partial charge < -0.3 is 9.72 Å². The minimum atomic E-state index is -3.77. The number of sulfonamides is 1. The number of primary sulfonamides is 1. The quantitative estimate of drug-likeness (QED) is 0.546. The molecule has 4 rings (SSSR count). The maximum absolute atomic E-state index is 12.7. The summed E-state index contributed by atoms with van der Waals surface area (Å²) in [5.41, 5.74) is 2.55. The number of nitrogens with two attached hydrogens (primary N) is 1. The van der Waals surface area contributed by atoms with Crippen molar-refractivity contribution in [2.24, 2.45) is 5.14 Å². The molecule has 0 aliphatic carbocycles. The Hall–Kier alpha value is -3.17. The largest absolute Gasteiger partial charge is 0.497 e. The molecule has 9 heteroatoms. The van der Waals surface area contributed by atoms with Crippen LogP contribution in [0.25, 0.3) is 21.9 Å². The lowest BCUT2D eigenvalue weighted by Gasteiger charge is -2.15. The van der Waals surface area contributed by atoms with Crippen molar-refractivity contribution in [3.05, 3.63) is 64.7 Å². The summed E-state index contributed by atoms with van der Waals surface area (Å²) in [6.07, 6.45) is 1.62. The number of hydrogen-bond acceptors (Lipinski definition) is 5. The summed E-state index contributed by atoms with van der Waals surface area (Å²) in [6.45, 7) is 1.87. The van der Waals surface area contributed by atoms with Crippen LogP contribution in [-0.4, -0.2) is 30.1 Å². The van der Waals surface area contributed by atoms with Crippen LogP contribution in [0.1, 0.15) is 18.5 Å². The van der Waals surface area contributed by atoms with Crippen molar-refractivity contribution < 1.29 is 13.2 Å². The number of ether oxygens (including phenoxy) is 1. The fourth-order valence-electron chi connectivity index (χ4n) is 3.37. The van der Waals surface area contributed by atoms with Gasteiger partial charge in [0, 0.05) is 11.5 Å². The topological polar surface area (TPSA) is 120 Å². The van der Waals surface area contributed by atoms with E-state index in [0.717, 1.165) is 16.5 Å². The van der Waals surface area contributed by atoms with Crippen LogP contribution in [0.2, 0.25) is 0 Å². The predicted octanol–water partition coefficient (Wildman–Crippen LogP) is 2.14. The molecule has 1 unspecified atom stereocenters. The Bertz CT molecular complexity index is 1350. The lowest BCUT2D eigenvalue weighted by molar-refractivity contribution is 0.415. The molecule has 0 aliphatic rings. The number of nitrogens with one attached hydrogen (secondary N) is 1. The monoisotopic (exact) mass is 398 g/mol. The number of aromatic nitrogens is 3. The van der Waals surface area contributed by atoms with Crippen molar-refractivity contribution in [3.8, 4) is 5.75 Å². The van der Waals surface area contributed by atoms with Crippen molar-refractivity contribution in [1.29, 1.82) is 0 Å². The second-order valence-electron chi connectivity index (χ2n) is 6.49. The number of H-pyrrole nitrogens is 1. The Morgan fingerprint density at radius 1 is 1.18 bits per heavy atom. The molecule has 2 aromatic carbocycles. The number of fused-ring (bicyclic) bond motifs is 3. The van der Waals surface area contributed by atoms with Gasteiger partial charge in [-0.15, -0.1) is 0 Å². The molecule has 144 valence electrons. The van der Waals surface area contributed by atoms with Crippen LogP contribution in [-0.2, 0) is 10.0 Å². The molecule has 0 fully saturated rings. The summed E-state index contributed by atoms with van der Waals surface area (Å²) in [7, 11) is -2.19. The third kappa shape index (κ3) is 2.94. The summed E-state index contributed by atoms with van der Waals surface area (Å²) < 4.78 is 29.8. The zero-order chi connectivity index (χ0) is 20.1. The molecular formula is C19H18N4O4S. The highest BCUT2D eigenvalue weighted by atomic mass is 32.2. The number of nitrogens with zero attached hydrogens (tertiary/aromatic N) is 2. The highest BCUT2D eigenvalue weighted by Crippen LogP contribution is 2.29. The lowest BCUT2D eigenvalue weighted by Crippen LogP contribution is -2.21. The minimum Gasteiger partial charge on any atom is -0.497 e. The average Bonchev–Trinajstić information content (AvgIpc) is 3.02. The normalized spacial score (nSPS) is 13.1. The molecule has 2 aromatic heterocycles. The standard InChI is InChI=1S/C19H18N4O4S/c1-11(12-3-6-14(7-4-12)28(20,25)26)23-18-15-8-5-13(27-2)9-16(15)21-10-17(18)22-19(23)24/h3-11H,1-2H3,(H,22,24)(H2,20,25,26). The first kappa shape index (κ1) is 18.2. The molecule has 4 aromatic rings. The molecule has 0 saturated carbocycles. The summed E-state index contributed by atoms with van der Waals surface area (Å²) in [6, 6.07) is 11.3. The van der Waals surface area contributed by atoms with Crippen molar-refractivity contribution in [2.75, 3.05) is 7.11 Å². The van der Waals surface area contributed by atoms with Crippen LogP contribution < -0.4 is 15.6 Å². The fraction of sp³-hybridized carbons (Fsp3) is 0.158. The Kier molecular flexibility index (Phi) is 4.20. The van der Waals surface area contributed by atoms with E-state index in [1.54, 1.807) is 30.0 Å². The minimum absolute atomic E-state index is 0.0245. The first-order valence-electron chi connectivity index (χ1n) is 8.49. The van der Waals surface area contributed by atoms with Crippen molar-refractivity contribution in [1.82, 2.24) is 14.5 Å². The van der Waals surface area contributed by atoms with Crippen LogP contribution in [0.3, 0.4) is 0 Å². The van der Waals surface area contributed by atoms with Crippen LogP contribution >= 0.6 is 0 Å². The zero-order valence-corrected chi connectivity index (χ0v) is 16.0. The fourth-order valence-corrected chi connectivity index (χ4v) is 3.88. The van der Waals surface area contributed by atoms with Crippen LogP contribution in [0.15, 0.2) is 58.4 Å². The van der Waals surface area contributed by atoms with E-state index in [-0.39, 0.29) is 16.6 Å². The van der Waals surface area contributed by atoms with Gasteiger partial charge in [0.05, 0.1) is 40.8 Å². The Balaban J connectivity index is 1.91. The van der Waals surface area contributed by atoms with Crippen molar-refractivity contribution in [2.45, 2.75) is 17.9 Å². The first-order chi connectivity index (χ1) is 13.3. The average molecular weight is 398 g/mol. The van der Waals surface area contributed by atoms with E-state index in [2.05, 4.69) is 9.97 Å². The number of pyridine rings is 1. The van der Waals surface area contributed by atoms with Gasteiger partial charge in [0.1, 0.15) is 5.75 Å². The number of imidazole rings is 1. The van der Waals surface area contributed by atoms with Gasteiger partial charge in [0.25, 0.3) is 0 Å². The molecule has 0 aliphatic heterocycles. The summed E-state index contributed by atoms with van der Waals surface area (Å²) in [4.78, 5) is 19.9. The molecule has 0 radical (unpaired) electrons. The molecule has 8 nitrogen and oxygen atoms in total. The van der Waals surface area contributed by atoms with Crippen LogP contribution in [0, 0.1) is 0 Å². The Morgan fingerprint density at radius 3 is 2.54 bits per heavy atom. The summed E-state index contributed by atoms with van der Waals surface area (Å²) in [5.74, 6) is 0.676. The van der Waals surface area contributed by atoms with Crippen molar-refractivity contribution in [3.63, 3.8) is 0 Å². The maximum atomic E-state index is 12.7. The van der Waals surface area contributed by atoms with Crippen LogP contribution in [0.4, 0.5) is 0 Å². The van der Waals surface area contributed by atoms with Gasteiger partial charge in [-0.1, -0.05) is 12.1 Å². The van der Waals surface area contributed by atoms with Gasteiger partial charge >= 0.3 is 5.69 Å². The number of rotatable bonds is 4. The molecule has 0 bridgehead atoms. The molecule has 28 heavy (non-hydrogen) atoms. The zero-order valence-electron chi connectivity index (χ0n) is 15.2. The van der Waals surface area contributed by atoms with E-state index >= 15 is 0 Å². The van der Waals surface area contributed by atoms with Gasteiger partial charge in [-0.2, -0.15) is 0 Å².